The number of carbonyl (C=O) groups is 1. The fraction of sp³-hybridized carbons (Fsp3) is 0.348. The summed E-state index contributed by atoms with van der Waals surface area (Å²) >= 11 is 5.96. The van der Waals surface area contributed by atoms with Gasteiger partial charge < -0.3 is 14.2 Å². The molecule has 2 fully saturated rings. The Balaban J connectivity index is 1.28. The second kappa shape index (κ2) is 8.11. The van der Waals surface area contributed by atoms with E-state index in [2.05, 4.69) is 19.8 Å². The van der Waals surface area contributed by atoms with Gasteiger partial charge in [-0.2, -0.15) is 0 Å². The SMILES string of the molecule is O=C(c1ccc(-c2cnco2)cc1)N(C1CC1)C1CCN(c2ccc(Cl)cn2)CC1. The third-order valence-electron chi connectivity index (χ3n) is 5.92. The highest BCUT2D eigenvalue weighted by atomic mass is 35.5. The minimum atomic E-state index is 0.129. The smallest absolute Gasteiger partial charge is 0.254 e. The molecule has 2 aromatic heterocycles. The molecule has 0 radical (unpaired) electrons. The standard InChI is InChI=1S/C23H23ClN4O2/c24-18-5-8-22(26-13-18)27-11-9-20(10-12-27)28(19-6-7-19)23(29)17-3-1-16(2-4-17)21-14-25-15-30-21/h1-5,8,13-15,19-20H,6-7,9-12H2. The summed E-state index contributed by atoms with van der Waals surface area (Å²) in [5.41, 5.74) is 1.65. The molecule has 3 heterocycles. The van der Waals surface area contributed by atoms with Crippen molar-refractivity contribution < 1.29 is 9.21 Å². The van der Waals surface area contributed by atoms with Crippen LogP contribution in [0.3, 0.4) is 0 Å². The number of piperidine rings is 1. The number of hydrogen-bond donors (Lipinski definition) is 0. The summed E-state index contributed by atoms with van der Waals surface area (Å²) in [5.74, 6) is 1.78. The third-order valence-corrected chi connectivity index (χ3v) is 6.14. The van der Waals surface area contributed by atoms with Crippen LogP contribution in [-0.4, -0.2) is 45.9 Å². The van der Waals surface area contributed by atoms with Crippen molar-refractivity contribution in [3.05, 3.63) is 65.8 Å². The summed E-state index contributed by atoms with van der Waals surface area (Å²) < 4.78 is 5.34. The van der Waals surface area contributed by atoms with Crippen molar-refractivity contribution in [2.75, 3.05) is 18.0 Å². The van der Waals surface area contributed by atoms with E-state index in [-0.39, 0.29) is 11.9 Å². The maximum atomic E-state index is 13.4. The van der Waals surface area contributed by atoms with Crippen LogP contribution in [0.2, 0.25) is 5.02 Å². The molecule has 1 saturated heterocycles. The van der Waals surface area contributed by atoms with E-state index in [9.17, 15) is 4.79 Å². The van der Waals surface area contributed by atoms with Crippen LogP contribution in [0, 0.1) is 0 Å². The number of pyridine rings is 1. The summed E-state index contributed by atoms with van der Waals surface area (Å²) in [6.07, 6.45) is 8.87. The van der Waals surface area contributed by atoms with Crippen LogP contribution in [0.4, 0.5) is 5.82 Å². The van der Waals surface area contributed by atoms with Crippen molar-refractivity contribution in [1.29, 1.82) is 0 Å². The van der Waals surface area contributed by atoms with Crippen molar-refractivity contribution in [2.45, 2.75) is 37.8 Å². The molecule has 0 N–H and O–H groups in total. The summed E-state index contributed by atoms with van der Waals surface area (Å²) in [7, 11) is 0. The number of anilines is 1. The molecule has 0 atom stereocenters. The Kier molecular flexibility index (Phi) is 5.17. The van der Waals surface area contributed by atoms with Gasteiger partial charge in [0.25, 0.3) is 5.91 Å². The van der Waals surface area contributed by atoms with E-state index < -0.39 is 0 Å². The molecule has 1 aromatic carbocycles. The summed E-state index contributed by atoms with van der Waals surface area (Å²) in [6, 6.07) is 12.1. The van der Waals surface area contributed by atoms with Gasteiger partial charge in [0.05, 0.1) is 11.2 Å². The summed E-state index contributed by atoms with van der Waals surface area (Å²) in [4.78, 5) is 26.2. The van der Waals surface area contributed by atoms with Crippen molar-refractivity contribution >= 4 is 23.3 Å². The average molecular weight is 423 g/mol. The number of oxazole rings is 1. The van der Waals surface area contributed by atoms with Gasteiger partial charge in [-0.15, -0.1) is 0 Å². The van der Waals surface area contributed by atoms with Crippen LogP contribution in [0.25, 0.3) is 11.3 Å². The Morgan fingerprint density at radius 1 is 1.00 bits per heavy atom. The lowest BCUT2D eigenvalue weighted by molar-refractivity contribution is 0.0630. The third kappa shape index (κ3) is 3.92. The van der Waals surface area contributed by atoms with Crippen molar-refractivity contribution in [3.8, 4) is 11.3 Å². The maximum absolute atomic E-state index is 13.4. The lowest BCUT2D eigenvalue weighted by Crippen LogP contribution is -2.48. The lowest BCUT2D eigenvalue weighted by Gasteiger charge is -2.39. The molecule has 7 heteroatoms. The van der Waals surface area contributed by atoms with E-state index in [4.69, 9.17) is 16.0 Å². The zero-order valence-corrected chi connectivity index (χ0v) is 17.3. The Labute approximate surface area is 180 Å². The van der Waals surface area contributed by atoms with E-state index in [0.717, 1.165) is 55.7 Å². The number of benzene rings is 1. The number of carbonyl (C=O) groups excluding carboxylic acids is 1. The number of aromatic nitrogens is 2. The molecule has 1 saturated carbocycles. The van der Waals surface area contributed by atoms with E-state index in [1.165, 1.54) is 6.39 Å². The van der Waals surface area contributed by atoms with Crippen LogP contribution < -0.4 is 4.90 Å². The van der Waals surface area contributed by atoms with E-state index >= 15 is 0 Å². The Hall–Kier alpha value is -2.86. The first kappa shape index (κ1) is 19.1. The van der Waals surface area contributed by atoms with E-state index in [1.54, 1.807) is 12.4 Å². The molecule has 0 bridgehead atoms. The molecule has 3 aromatic rings. The molecule has 0 unspecified atom stereocenters. The number of nitrogens with zero attached hydrogens (tertiary/aromatic N) is 4. The molecule has 2 aliphatic rings. The second-order valence-electron chi connectivity index (χ2n) is 7.94. The molecule has 0 spiro atoms. The molecule has 1 amide bonds. The van der Waals surface area contributed by atoms with Crippen molar-refractivity contribution in [1.82, 2.24) is 14.9 Å². The number of halogens is 1. The van der Waals surface area contributed by atoms with Crippen LogP contribution in [-0.2, 0) is 0 Å². The quantitative estimate of drug-likeness (QED) is 0.598. The van der Waals surface area contributed by atoms with E-state index in [0.29, 0.717) is 16.8 Å². The van der Waals surface area contributed by atoms with Gasteiger partial charge in [-0.1, -0.05) is 23.7 Å². The predicted molar refractivity (Wildman–Crippen MR) is 116 cm³/mol. The second-order valence-corrected chi connectivity index (χ2v) is 8.38. The minimum absolute atomic E-state index is 0.129. The maximum Gasteiger partial charge on any atom is 0.254 e. The molecule has 154 valence electrons. The number of rotatable bonds is 5. The Morgan fingerprint density at radius 3 is 2.33 bits per heavy atom. The van der Waals surface area contributed by atoms with Gasteiger partial charge in [0, 0.05) is 42.5 Å². The predicted octanol–water partition coefficient (Wildman–Crippen LogP) is 4.66. The Bertz CT molecular complexity index is 993. The molecule has 1 aliphatic heterocycles. The molecule has 30 heavy (non-hydrogen) atoms. The normalized spacial score (nSPS) is 17.2. The summed E-state index contributed by atoms with van der Waals surface area (Å²) in [6.45, 7) is 1.78. The van der Waals surface area contributed by atoms with Crippen LogP contribution in [0.5, 0.6) is 0 Å². The van der Waals surface area contributed by atoms with Crippen molar-refractivity contribution in [2.24, 2.45) is 0 Å². The molecular weight excluding hydrogens is 400 g/mol. The average Bonchev–Trinajstić information content (AvgIpc) is 3.46. The van der Waals surface area contributed by atoms with Crippen LogP contribution >= 0.6 is 11.6 Å². The van der Waals surface area contributed by atoms with Gasteiger partial charge in [0.15, 0.2) is 12.2 Å². The highest BCUT2D eigenvalue weighted by Crippen LogP contribution is 2.34. The van der Waals surface area contributed by atoms with Gasteiger partial charge >= 0.3 is 0 Å². The topological polar surface area (TPSA) is 62.5 Å². The van der Waals surface area contributed by atoms with Crippen molar-refractivity contribution in [3.63, 3.8) is 0 Å². The zero-order valence-electron chi connectivity index (χ0n) is 16.6. The van der Waals surface area contributed by atoms with Gasteiger partial charge in [-0.3, -0.25) is 4.79 Å². The fourth-order valence-corrected chi connectivity index (χ4v) is 4.31. The first-order valence-electron chi connectivity index (χ1n) is 10.4. The first-order valence-corrected chi connectivity index (χ1v) is 10.7. The number of amides is 1. The monoisotopic (exact) mass is 422 g/mol. The Morgan fingerprint density at radius 2 is 1.73 bits per heavy atom. The van der Waals surface area contributed by atoms with Crippen LogP contribution in [0.1, 0.15) is 36.0 Å². The number of hydrogen-bond acceptors (Lipinski definition) is 5. The van der Waals surface area contributed by atoms with Gasteiger partial charge in [-0.25, -0.2) is 9.97 Å². The van der Waals surface area contributed by atoms with Crippen LogP contribution in [0.15, 0.2) is 59.6 Å². The van der Waals surface area contributed by atoms with Gasteiger partial charge in [-0.05, 0) is 49.9 Å². The molecule has 1 aliphatic carbocycles. The minimum Gasteiger partial charge on any atom is -0.444 e. The highest BCUT2D eigenvalue weighted by molar-refractivity contribution is 6.30. The molecular formula is C23H23ClN4O2. The largest absolute Gasteiger partial charge is 0.444 e. The lowest BCUT2D eigenvalue weighted by atomic mass is 10.0. The fourth-order valence-electron chi connectivity index (χ4n) is 4.20. The first-order chi connectivity index (χ1) is 14.7. The zero-order chi connectivity index (χ0) is 20.5. The van der Waals surface area contributed by atoms with Gasteiger partial charge in [0.2, 0.25) is 0 Å². The van der Waals surface area contributed by atoms with Gasteiger partial charge in [0.1, 0.15) is 5.82 Å². The molecule has 5 rings (SSSR count). The summed E-state index contributed by atoms with van der Waals surface area (Å²) in [5, 5.41) is 0.647. The van der Waals surface area contributed by atoms with E-state index in [1.807, 2.05) is 36.4 Å². The molecule has 6 nitrogen and oxygen atoms in total. The highest BCUT2D eigenvalue weighted by Gasteiger charge is 2.39.